The van der Waals surface area contributed by atoms with Crippen LogP contribution in [0.15, 0.2) is 36.8 Å². The predicted molar refractivity (Wildman–Crippen MR) is 91.5 cm³/mol. The first-order chi connectivity index (χ1) is 11.3. The second-order valence-electron chi connectivity index (χ2n) is 6.14. The molecule has 0 aliphatic rings. The summed E-state index contributed by atoms with van der Waals surface area (Å²) in [5.74, 6) is 0. The molecule has 0 atom stereocenters. The van der Waals surface area contributed by atoms with Crippen molar-refractivity contribution in [2.24, 2.45) is 0 Å². The summed E-state index contributed by atoms with van der Waals surface area (Å²) in [4.78, 5) is 24.1. The Bertz CT molecular complexity index is 884. The molecule has 0 spiro atoms. The number of benzene rings is 1. The van der Waals surface area contributed by atoms with E-state index >= 15 is 0 Å². The number of fused-ring (bicyclic) bond motifs is 1. The van der Waals surface area contributed by atoms with Gasteiger partial charge < -0.3 is 4.74 Å². The molecule has 1 amide bonds. The molecule has 7 nitrogen and oxygen atoms in total. The number of nitrogens with zero attached hydrogens (tertiary/aromatic N) is 4. The van der Waals surface area contributed by atoms with Crippen molar-refractivity contribution < 1.29 is 9.53 Å². The molecule has 2 heterocycles. The Hall–Kier alpha value is -2.67. The standard InChI is InChI=1S/C16H16ClN5O2/c1-16(2,3)24-15(23)20-10-4-6-11(7-5-10)22-9-19-12-8-18-14(17)21-13(12)22/h4-9H,1-3H3,(H,20,23). The molecular formula is C16H16ClN5O2. The molecule has 0 fully saturated rings. The Morgan fingerprint density at radius 1 is 1.21 bits per heavy atom. The molecule has 8 heteroatoms. The quantitative estimate of drug-likeness (QED) is 0.714. The van der Waals surface area contributed by atoms with Crippen molar-refractivity contribution in [2.45, 2.75) is 26.4 Å². The first kappa shape index (κ1) is 16.2. The maximum absolute atomic E-state index is 11.8. The largest absolute Gasteiger partial charge is 0.444 e. The van der Waals surface area contributed by atoms with Crippen LogP contribution in [0.2, 0.25) is 5.28 Å². The SMILES string of the molecule is CC(C)(C)OC(=O)Nc1ccc(-n2cnc3cnc(Cl)nc32)cc1. The molecule has 124 valence electrons. The average molecular weight is 346 g/mol. The first-order valence-electron chi connectivity index (χ1n) is 7.28. The number of carbonyl (C=O) groups is 1. The first-order valence-corrected chi connectivity index (χ1v) is 7.66. The van der Waals surface area contributed by atoms with Gasteiger partial charge in [0.25, 0.3) is 0 Å². The molecule has 0 aliphatic heterocycles. The van der Waals surface area contributed by atoms with Crippen LogP contribution >= 0.6 is 11.6 Å². The molecule has 2 aromatic heterocycles. The topological polar surface area (TPSA) is 81.9 Å². The third-order valence-electron chi connectivity index (χ3n) is 3.05. The molecule has 1 aromatic carbocycles. The molecule has 0 unspecified atom stereocenters. The van der Waals surface area contributed by atoms with Gasteiger partial charge in [-0.25, -0.2) is 14.8 Å². The Balaban J connectivity index is 1.81. The van der Waals surface area contributed by atoms with Crippen molar-refractivity contribution in [3.63, 3.8) is 0 Å². The van der Waals surface area contributed by atoms with Gasteiger partial charge in [-0.15, -0.1) is 0 Å². The lowest BCUT2D eigenvalue weighted by Gasteiger charge is -2.19. The summed E-state index contributed by atoms with van der Waals surface area (Å²) in [6, 6.07) is 7.22. The van der Waals surface area contributed by atoms with Crippen LogP contribution in [0.5, 0.6) is 0 Å². The fraction of sp³-hybridized carbons (Fsp3) is 0.250. The highest BCUT2D eigenvalue weighted by Gasteiger charge is 2.16. The molecule has 0 radical (unpaired) electrons. The maximum Gasteiger partial charge on any atom is 0.412 e. The minimum Gasteiger partial charge on any atom is -0.444 e. The molecule has 3 rings (SSSR count). The highest BCUT2D eigenvalue weighted by molar-refractivity contribution is 6.28. The number of ether oxygens (including phenoxy) is 1. The van der Waals surface area contributed by atoms with Crippen LogP contribution in [0, 0.1) is 0 Å². The molecule has 0 saturated carbocycles. The van der Waals surface area contributed by atoms with Gasteiger partial charge in [-0.1, -0.05) is 0 Å². The van der Waals surface area contributed by atoms with E-state index in [1.807, 2.05) is 32.9 Å². The van der Waals surface area contributed by atoms with Crippen LogP contribution in [0.3, 0.4) is 0 Å². The Morgan fingerprint density at radius 3 is 2.58 bits per heavy atom. The van der Waals surface area contributed by atoms with E-state index in [1.54, 1.807) is 29.2 Å². The Morgan fingerprint density at radius 2 is 1.92 bits per heavy atom. The summed E-state index contributed by atoms with van der Waals surface area (Å²) in [5.41, 5.74) is 2.18. The number of rotatable bonds is 2. The van der Waals surface area contributed by atoms with Crippen LogP contribution < -0.4 is 5.32 Å². The van der Waals surface area contributed by atoms with Gasteiger partial charge in [0.15, 0.2) is 5.65 Å². The molecule has 0 saturated heterocycles. The second kappa shape index (κ2) is 6.09. The van der Waals surface area contributed by atoms with Gasteiger partial charge in [0.05, 0.1) is 6.20 Å². The van der Waals surface area contributed by atoms with E-state index in [0.29, 0.717) is 16.9 Å². The van der Waals surface area contributed by atoms with E-state index in [1.165, 1.54) is 0 Å². The van der Waals surface area contributed by atoms with Gasteiger partial charge in [-0.05, 0) is 56.6 Å². The van der Waals surface area contributed by atoms with Gasteiger partial charge in [0, 0.05) is 11.4 Å². The lowest BCUT2D eigenvalue weighted by atomic mass is 10.2. The van der Waals surface area contributed by atoms with Crippen LogP contribution in [-0.4, -0.2) is 31.2 Å². The minimum absolute atomic E-state index is 0.160. The lowest BCUT2D eigenvalue weighted by Crippen LogP contribution is -2.27. The number of halogens is 1. The maximum atomic E-state index is 11.8. The van der Waals surface area contributed by atoms with Crippen LogP contribution in [-0.2, 0) is 4.74 Å². The van der Waals surface area contributed by atoms with Crippen LogP contribution in [0.4, 0.5) is 10.5 Å². The molecular weight excluding hydrogens is 330 g/mol. The third-order valence-corrected chi connectivity index (χ3v) is 3.23. The Labute approximate surface area is 143 Å². The van der Waals surface area contributed by atoms with Gasteiger partial charge in [-0.2, -0.15) is 4.98 Å². The lowest BCUT2D eigenvalue weighted by molar-refractivity contribution is 0.0636. The van der Waals surface area contributed by atoms with Crippen molar-refractivity contribution in [1.29, 1.82) is 0 Å². The zero-order valence-electron chi connectivity index (χ0n) is 13.4. The van der Waals surface area contributed by atoms with Gasteiger partial charge in [0.2, 0.25) is 5.28 Å². The molecule has 1 N–H and O–H groups in total. The minimum atomic E-state index is -0.543. The molecule has 0 bridgehead atoms. The van der Waals surface area contributed by atoms with E-state index < -0.39 is 11.7 Å². The summed E-state index contributed by atoms with van der Waals surface area (Å²) in [6.45, 7) is 5.44. The van der Waals surface area contributed by atoms with Gasteiger partial charge in [-0.3, -0.25) is 9.88 Å². The fourth-order valence-corrected chi connectivity index (χ4v) is 2.23. The number of imidazole rings is 1. The van der Waals surface area contributed by atoms with Crippen molar-refractivity contribution in [3.8, 4) is 5.69 Å². The smallest absolute Gasteiger partial charge is 0.412 e. The van der Waals surface area contributed by atoms with E-state index in [0.717, 1.165) is 5.69 Å². The zero-order chi connectivity index (χ0) is 17.3. The zero-order valence-corrected chi connectivity index (χ0v) is 14.2. The number of hydrogen-bond acceptors (Lipinski definition) is 5. The Kier molecular flexibility index (Phi) is 4.11. The summed E-state index contributed by atoms with van der Waals surface area (Å²) in [5, 5.41) is 2.84. The number of amides is 1. The number of carbonyl (C=O) groups excluding carboxylic acids is 1. The summed E-state index contributed by atoms with van der Waals surface area (Å²) in [6.07, 6.45) is 2.72. The molecule has 3 aromatic rings. The van der Waals surface area contributed by atoms with Crippen LogP contribution in [0.1, 0.15) is 20.8 Å². The average Bonchev–Trinajstić information content (AvgIpc) is 2.89. The molecule has 24 heavy (non-hydrogen) atoms. The van der Waals surface area contributed by atoms with Crippen molar-refractivity contribution in [2.75, 3.05) is 5.32 Å². The normalized spacial score (nSPS) is 11.5. The third kappa shape index (κ3) is 3.62. The monoisotopic (exact) mass is 345 g/mol. The van der Waals surface area contributed by atoms with Crippen LogP contribution in [0.25, 0.3) is 16.9 Å². The fourth-order valence-electron chi connectivity index (χ4n) is 2.10. The number of nitrogens with one attached hydrogen (secondary N) is 1. The number of aromatic nitrogens is 4. The number of anilines is 1. The highest BCUT2D eigenvalue weighted by atomic mass is 35.5. The summed E-state index contributed by atoms with van der Waals surface area (Å²) >= 11 is 5.85. The number of hydrogen-bond donors (Lipinski definition) is 1. The van der Waals surface area contributed by atoms with Gasteiger partial charge >= 0.3 is 6.09 Å². The van der Waals surface area contributed by atoms with E-state index in [-0.39, 0.29) is 5.28 Å². The summed E-state index contributed by atoms with van der Waals surface area (Å²) in [7, 11) is 0. The van der Waals surface area contributed by atoms with Gasteiger partial charge in [0.1, 0.15) is 17.4 Å². The van der Waals surface area contributed by atoms with Crippen molar-refractivity contribution in [1.82, 2.24) is 19.5 Å². The van der Waals surface area contributed by atoms with E-state index in [2.05, 4.69) is 20.3 Å². The second-order valence-corrected chi connectivity index (χ2v) is 6.47. The molecule has 0 aliphatic carbocycles. The highest BCUT2D eigenvalue weighted by Crippen LogP contribution is 2.19. The van der Waals surface area contributed by atoms with Crippen molar-refractivity contribution >= 4 is 34.5 Å². The van der Waals surface area contributed by atoms with Crippen molar-refractivity contribution in [3.05, 3.63) is 42.1 Å². The van der Waals surface area contributed by atoms with E-state index in [9.17, 15) is 4.79 Å². The van der Waals surface area contributed by atoms with E-state index in [4.69, 9.17) is 16.3 Å². The predicted octanol–water partition coefficient (Wildman–Crippen LogP) is 3.82. The summed E-state index contributed by atoms with van der Waals surface area (Å²) < 4.78 is 7.01.